The van der Waals surface area contributed by atoms with E-state index in [0.29, 0.717) is 31.1 Å². The Hall–Kier alpha value is -4.37. The highest BCUT2D eigenvalue weighted by Crippen LogP contribution is 2.26. The molecule has 0 spiro atoms. The lowest BCUT2D eigenvalue weighted by Crippen LogP contribution is -2.57. The molecule has 282 valence electrons. The van der Waals surface area contributed by atoms with E-state index in [4.69, 9.17) is 9.26 Å². The van der Waals surface area contributed by atoms with E-state index in [-0.39, 0.29) is 49.1 Å². The number of carbonyl (C=O) groups is 4. The molecule has 2 aromatic heterocycles. The van der Waals surface area contributed by atoms with Gasteiger partial charge in [-0.15, -0.1) is 11.3 Å². The van der Waals surface area contributed by atoms with E-state index in [1.807, 2.05) is 20.8 Å². The van der Waals surface area contributed by atoms with Crippen molar-refractivity contribution in [3.8, 4) is 5.75 Å². The Labute approximate surface area is 308 Å². The SMILES string of the molecule is Cc1ncc(C[C@H]2C(=O)NCCCCCCCCc3nc(no3)COc3ccccc3C(=O)N[C@H](CC(C)C)C(=O)N3C[C@@H](O)C[C@@H]3C(=O)N2C)s1. The monoisotopic (exact) mass is 737 g/mol. The molecule has 14 nitrogen and oxygen atoms in total. The molecule has 4 amide bonds. The zero-order valence-electron chi connectivity index (χ0n) is 30.5. The van der Waals surface area contributed by atoms with E-state index in [1.54, 1.807) is 37.5 Å². The Morgan fingerprint density at radius 3 is 2.54 bits per heavy atom. The summed E-state index contributed by atoms with van der Waals surface area (Å²) in [6.07, 6.45) is 7.66. The molecule has 1 saturated heterocycles. The third-order valence-corrected chi connectivity index (χ3v) is 10.4. The molecule has 2 aliphatic heterocycles. The molecule has 0 saturated carbocycles. The first kappa shape index (κ1) is 38.9. The predicted molar refractivity (Wildman–Crippen MR) is 193 cm³/mol. The topological polar surface area (TPSA) is 180 Å². The van der Waals surface area contributed by atoms with Gasteiger partial charge in [0.1, 0.15) is 23.9 Å². The van der Waals surface area contributed by atoms with Crippen LogP contribution in [-0.2, 0) is 33.8 Å². The summed E-state index contributed by atoms with van der Waals surface area (Å²) in [6.45, 7) is 6.14. The highest BCUT2D eigenvalue weighted by atomic mass is 32.1. The molecule has 3 N–H and O–H groups in total. The van der Waals surface area contributed by atoms with Gasteiger partial charge in [-0.3, -0.25) is 19.2 Å². The molecule has 52 heavy (non-hydrogen) atoms. The number of aliphatic hydroxyl groups excluding tert-OH is 1. The fourth-order valence-corrected chi connectivity index (χ4v) is 7.55. The van der Waals surface area contributed by atoms with Crippen molar-refractivity contribution in [3.63, 3.8) is 0 Å². The van der Waals surface area contributed by atoms with Gasteiger partial charge in [0, 0.05) is 50.5 Å². The number of benzene rings is 1. The van der Waals surface area contributed by atoms with Crippen LogP contribution in [0.25, 0.3) is 0 Å². The Bertz CT molecular complexity index is 1680. The van der Waals surface area contributed by atoms with Gasteiger partial charge in [0.25, 0.3) is 5.91 Å². The van der Waals surface area contributed by atoms with Crippen LogP contribution in [0.4, 0.5) is 0 Å². The molecule has 0 unspecified atom stereocenters. The number of hydrogen-bond donors (Lipinski definition) is 3. The van der Waals surface area contributed by atoms with Gasteiger partial charge in [-0.2, -0.15) is 4.98 Å². The van der Waals surface area contributed by atoms with Crippen molar-refractivity contribution in [2.75, 3.05) is 20.1 Å². The van der Waals surface area contributed by atoms with Gasteiger partial charge in [0.2, 0.25) is 29.4 Å². The Morgan fingerprint density at radius 1 is 1.04 bits per heavy atom. The van der Waals surface area contributed by atoms with Crippen molar-refractivity contribution in [3.05, 3.63) is 57.6 Å². The van der Waals surface area contributed by atoms with Crippen LogP contribution < -0.4 is 15.4 Å². The first-order valence-corrected chi connectivity index (χ1v) is 19.1. The van der Waals surface area contributed by atoms with Crippen LogP contribution in [0.1, 0.15) is 97.2 Å². The molecule has 0 radical (unpaired) electrons. The zero-order chi connectivity index (χ0) is 37.2. The second-order valence-corrected chi connectivity index (χ2v) is 15.4. The number of carbonyl (C=O) groups excluding carboxylic acids is 4. The van der Waals surface area contributed by atoms with Crippen LogP contribution in [0.2, 0.25) is 0 Å². The molecular formula is C37H51N7O7S. The van der Waals surface area contributed by atoms with Gasteiger partial charge >= 0.3 is 0 Å². The summed E-state index contributed by atoms with van der Waals surface area (Å²) in [4.78, 5) is 68.4. The number of amides is 4. The number of nitrogens with one attached hydrogen (secondary N) is 2. The Morgan fingerprint density at radius 2 is 1.79 bits per heavy atom. The zero-order valence-corrected chi connectivity index (χ0v) is 31.3. The number of fused-ring (bicyclic) bond motifs is 4. The first-order valence-electron chi connectivity index (χ1n) is 18.3. The van der Waals surface area contributed by atoms with Crippen LogP contribution in [0.15, 0.2) is 35.0 Å². The quantitative estimate of drug-likeness (QED) is 0.358. The van der Waals surface area contributed by atoms with Crippen molar-refractivity contribution >= 4 is 35.0 Å². The number of likely N-dealkylation sites (N-methyl/N-ethyl adjacent to an activating group) is 1. The van der Waals surface area contributed by atoms with Crippen molar-refractivity contribution in [2.24, 2.45) is 5.92 Å². The highest BCUT2D eigenvalue weighted by molar-refractivity contribution is 7.11. The summed E-state index contributed by atoms with van der Waals surface area (Å²) < 4.78 is 11.4. The van der Waals surface area contributed by atoms with E-state index in [0.717, 1.165) is 48.4 Å². The van der Waals surface area contributed by atoms with Crippen LogP contribution in [0.5, 0.6) is 5.75 Å². The lowest BCUT2D eigenvalue weighted by Gasteiger charge is -2.34. The minimum Gasteiger partial charge on any atom is -0.485 e. The van der Waals surface area contributed by atoms with Crippen LogP contribution >= 0.6 is 11.3 Å². The minimum atomic E-state index is -1.02. The molecule has 1 fully saturated rings. The van der Waals surface area contributed by atoms with E-state index >= 15 is 0 Å². The third-order valence-electron chi connectivity index (χ3n) is 9.45. The summed E-state index contributed by atoms with van der Waals surface area (Å²) in [5.41, 5.74) is 0.218. The number of aliphatic hydroxyl groups is 1. The fraction of sp³-hybridized carbons (Fsp3) is 0.595. The average Bonchev–Trinajstić information content (AvgIpc) is 3.86. The van der Waals surface area contributed by atoms with E-state index in [1.165, 1.54) is 21.1 Å². The number of thiazole rings is 1. The average molecular weight is 738 g/mol. The summed E-state index contributed by atoms with van der Waals surface area (Å²) in [7, 11) is 1.57. The first-order chi connectivity index (χ1) is 25.0. The lowest BCUT2D eigenvalue weighted by molar-refractivity contribution is -0.147. The Balaban J connectivity index is 1.41. The van der Waals surface area contributed by atoms with Gasteiger partial charge in [-0.1, -0.05) is 56.8 Å². The second-order valence-electron chi connectivity index (χ2n) is 14.1. The number of hydrogen-bond acceptors (Lipinski definition) is 11. The van der Waals surface area contributed by atoms with Crippen LogP contribution in [0, 0.1) is 12.8 Å². The molecule has 4 atom stereocenters. The number of aryl methyl sites for hydroxylation is 2. The van der Waals surface area contributed by atoms with Crippen molar-refractivity contribution < 1.29 is 33.5 Å². The molecule has 15 heteroatoms. The summed E-state index contributed by atoms with van der Waals surface area (Å²) in [6, 6.07) is 3.84. The lowest BCUT2D eigenvalue weighted by atomic mass is 10.0. The third kappa shape index (κ3) is 10.4. The summed E-state index contributed by atoms with van der Waals surface area (Å²) in [5, 5.41) is 21.6. The van der Waals surface area contributed by atoms with Crippen LogP contribution in [0.3, 0.4) is 0 Å². The van der Waals surface area contributed by atoms with Gasteiger partial charge in [-0.05, 0) is 44.2 Å². The van der Waals surface area contributed by atoms with Crippen LogP contribution in [-0.4, -0.2) is 98.0 Å². The molecule has 2 bridgehead atoms. The number of aromatic nitrogens is 3. The normalized spacial score (nSPS) is 23.5. The Kier molecular flexibility index (Phi) is 13.8. The second kappa shape index (κ2) is 18.4. The minimum absolute atomic E-state index is 0.00816. The number of para-hydroxylation sites is 1. The molecule has 2 aliphatic rings. The predicted octanol–water partition coefficient (Wildman–Crippen LogP) is 3.60. The highest BCUT2D eigenvalue weighted by Gasteiger charge is 2.44. The smallest absolute Gasteiger partial charge is 0.255 e. The van der Waals surface area contributed by atoms with Gasteiger partial charge in [0.05, 0.1) is 16.7 Å². The molecule has 4 heterocycles. The van der Waals surface area contributed by atoms with Crippen molar-refractivity contribution in [2.45, 2.75) is 116 Å². The number of ether oxygens (including phenoxy) is 1. The van der Waals surface area contributed by atoms with E-state index in [9.17, 15) is 24.3 Å². The fourth-order valence-electron chi connectivity index (χ4n) is 6.72. The molecule has 3 aromatic rings. The van der Waals surface area contributed by atoms with Gasteiger partial charge in [0.15, 0.2) is 6.61 Å². The van der Waals surface area contributed by atoms with E-state index in [2.05, 4.69) is 25.8 Å². The van der Waals surface area contributed by atoms with Gasteiger partial charge in [-0.25, -0.2) is 4.98 Å². The van der Waals surface area contributed by atoms with Gasteiger partial charge < -0.3 is 34.8 Å². The number of rotatable bonds is 4. The molecule has 5 rings (SSSR count). The molecular weight excluding hydrogens is 687 g/mol. The maximum atomic E-state index is 14.3. The largest absolute Gasteiger partial charge is 0.485 e. The molecule has 1 aromatic carbocycles. The maximum absolute atomic E-state index is 14.3. The summed E-state index contributed by atoms with van der Waals surface area (Å²) >= 11 is 1.46. The van der Waals surface area contributed by atoms with Crippen molar-refractivity contribution in [1.29, 1.82) is 0 Å². The summed E-state index contributed by atoms with van der Waals surface area (Å²) in [5.74, 6) is -0.566. The van der Waals surface area contributed by atoms with Crippen molar-refractivity contribution in [1.82, 2.24) is 35.6 Å². The number of nitrogens with zero attached hydrogens (tertiary/aromatic N) is 5. The maximum Gasteiger partial charge on any atom is 0.255 e. The van der Waals surface area contributed by atoms with E-state index < -0.39 is 42.0 Å². The standard InChI is InChI=1S/C37H51N7O7S/c1-23(2)17-28-36(48)44-21-25(45)18-30(44)37(49)43(4)29(19-26-20-39-24(3)52-26)35(47)38-16-12-8-6-5-7-9-15-33-41-32(42-51-33)22-50-31-14-11-10-13-27(31)34(46)40-28/h10-11,13-14,20,23,25,28-30,45H,5-9,12,15-19,21-22H2,1-4H3,(H,38,47)(H,40,46)/t25-,28+,29-,30+/m0/s1. The molecule has 0 aliphatic carbocycles.